The summed E-state index contributed by atoms with van der Waals surface area (Å²) < 4.78 is 40.9. The molecule has 1 N–H and O–H groups in total. The monoisotopic (exact) mass is 399 g/mol. The van der Waals surface area contributed by atoms with Crippen molar-refractivity contribution in [1.82, 2.24) is 4.98 Å². The summed E-state index contributed by atoms with van der Waals surface area (Å²) in [6.45, 7) is 2.36. The van der Waals surface area contributed by atoms with Crippen LogP contribution < -0.4 is 9.62 Å². The third kappa shape index (κ3) is 4.86. The number of nitrogens with zero attached hydrogens (tertiary/aromatic N) is 2. The molecule has 2 aromatic carbocycles. The second kappa shape index (κ2) is 8.39. The molecule has 0 bridgehead atoms. The van der Waals surface area contributed by atoms with E-state index in [9.17, 15) is 12.8 Å². The second-order valence-electron chi connectivity index (χ2n) is 6.59. The number of pyridine rings is 1. The first-order valence-electron chi connectivity index (χ1n) is 8.84. The molecule has 3 aromatic rings. The van der Waals surface area contributed by atoms with Crippen LogP contribution in [0.2, 0.25) is 0 Å². The zero-order valence-electron chi connectivity index (χ0n) is 15.8. The van der Waals surface area contributed by atoms with Gasteiger partial charge >= 0.3 is 0 Å². The second-order valence-corrected chi connectivity index (χ2v) is 8.27. The van der Waals surface area contributed by atoms with Crippen LogP contribution in [0, 0.1) is 12.7 Å². The van der Waals surface area contributed by atoms with Crippen LogP contribution in [0.4, 0.5) is 15.8 Å². The fourth-order valence-corrected chi connectivity index (χ4v) is 3.90. The maximum atomic E-state index is 13.4. The summed E-state index contributed by atoms with van der Waals surface area (Å²) in [5.41, 5.74) is 2.93. The molecule has 5 nitrogen and oxygen atoms in total. The summed E-state index contributed by atoms with van der Waals surface area (Å²) in [5, 5.41) is 0. The van der Waals surface area contributed by atoms with Crippen molar-refractivity contribution in [2.24, 2.45) is 0 Å². The molecule has 0 aliphatic rings. The Morgan fingerprint density at radius 2 is 1.71 bits per heavy atom. The number of halogens is 1. The number of likely N-dealkylation sites (N-methyl/N-ethyl adjacent to an activating group) is 1. The average Bonchev–Trinajstić information content (AvgIpc) is 2.69. The van der Waals surface area contributed by atoms with Crippen LogP contribution in [0.3, 0.4) is 0 Å². The molecule has 0 amide bonds. The van der Waals surface area contributed by atoms with Crippen molar-refractivity contribution in [1.29, 1.82) is 0 Å². The zero-order valence-corrected chi connectivity index (χ0v) is 16.6. The molecular formula is C21H22FN3O2S. The Bertz CT molecular complexity index is 1040. The van der Waals surface area contributed by atoms with Crippen LogP contribution in [0.15, 0.2) is 71.9 Å². The molecule has 0 fully saturated rings. The highest BCUT2D eigenvalue weighted by molar-refractivity contribution is 7.92. The van der Waals surface area contributed by atoms with Crippen molar-refractivity contribution in [2.45, 2.75) is 18.2 Å². The molecule has 3 rings (SSSR count). The Morgan fingerprint density at radius 1 is 1.04 bits per heavy atom. The van der Waals surface area contributed by atoms with Gasteiger partial charge in [0.05, 0.1) is 4.90 Å². The first kappa shape index (κ1) is 19.8. The van der Waals surface area contributed by atoms with Crippen molar-refractivity contribution >= 4 is 21.4 Å². The number of anilines is 2. The quantitative estimate of drug-likeness (QED) is 0.652. The normalized spacial score (nSPS) is 11.2. The van der Waals surface area contributed by atoms with Gasteiger partial charge < -0.3 is 4.90 Å². The average molecular weight is 399 g/mol. The molecule has 0 aliphatic carbocycles. The largest absolute Gasteiger partial charge is 0.374 e. The van der Waals surface area contributed by atoms with Gasteiger partial charge in [-0.15, -0.1) is 0 Å². The van der Waals surface area contributed by atoms with E-state index in [1.807, 2.05) is 31.3 Å². The molecule has 0 spiro atoms. The van der Waals surface area contributed by atoms with E-state index in [4.69, 9.17) is 0 Å². The van der Waals surface area contributed by atoms with E-state index in [0.29, 0.717) is 5.69 Å². The van der Waals surface area contributed by atoms with Gasteiger partial charge in [-0.25, -0.2) is 12.8 Å². The van der Waals surface area contributed by atoms with Crippen LogP contribution in [-0.2, 0) is 16.4 Å². The Hall–Kier alpha value is -2.93. The van der Waals surface area contributed by atoms with E-state index >= 15 is 0 Å². The van der Waals surface area contributed by atoms with E-state index in [1.165, 1.54) is 24.6 Å². The molecule has 146 valence electrons. The summed E-state index contributed by atoms with van der Waals surface area (Å²) in [5.74, 6) is -0.432. The lowest BCUT2D eigenvalue weighted by atomic mass is 10.2. The van der Waals surface area contributed by atoms with E-state index < -0.39 is 15.8 Å². The van der Waals surface area contributed by atoms with Crippen molar-refractivity contribution in [3.63, 3.8) is 0 Å². The molecule has 0 saturated heterocycles. The van der Waals surface area contributed by atoms with Crippen LogP contribution in [0.1, 0.15) is 11.1 Å². The number of benzene rings is 2. The van der Waals surface area contributed by atoms with Crippen LogP contribution in [-0.4, -0.2) is 27.0 Å². The van der Waals surface area contributed by atoms with E-state index in [-0.39, 0.29) is 10.5 Å². The van der Waals surface area contributed by atoms with Crippen molar-refractivity contribution in [2.75, 3.05) is 23.2 Å². The lowest BCUT2D eigenvalue weighted by molar-refractivity contribution is 0.598. The van der Waals surface area contributed by atoms with E-state index in [2.05, 4.69) is 14.6 Å². The summed E-state index contributed by atoms with van der Waals surface area (Å²) in [6.07, 6.45) is 4.44. The third-order valence-electron chi connectivity index (χ3n) is 4.49. The number of nitrogens with one attached hydrogen (secondary N) is 1. The highest BCUT2D eigenvalue weighted by atomic mass is 32.2. The first-order valence-corrected chi connectivity index (χ1v) is 10.3. The molecule has 0 aliphatic heterocycles. The maximum absolute atomic E-state index is 13.4. The van der Waals surface area contributed by atoms with Crippen LogP contribution >= 0.6 is 0 Å². The van der Waals surface area contributed by atoms with Gasteiger partial charge in [0.15, 0.2) is 0 Å². The molecule has 1 aromatic heterocycles. The fourth-order valence-electron chi connectivity index (χ4n) is 2.76. The first-order chi connectivity index (χ1) is 13.3. The predicted octanol–water partition coefficient (Wildman–Crippen LogP) is 4.01. The van der Waals surface area contributed by atoms with Gasteiger partial charge in [-0.3, -0.25) is 9.71 Å². The molecule has 0 saturated carbocycles. The van der Waals surface area contributed by atoms with Crippen molar-refractivity contribution in [3.05, 3.63) is 83.9 Å². The molecule has 28 heavy (non-hydrogen) atoms. The fraction of sp³-hybridized carbons (Fsp3) is 0.190. The third-order valence-corrected chi connectivity index (χ3v) is 5.86. The Morgan fingerprint density at radius 3 is 2.36 bits per heavy atom. The Balaban J connectivity index is 1.65. The van der Waals surface area contributed by atoms with Crippen LogP contribution in [0.5, 0.6) is 0 Å². The number of aryl methyl sites for hydroxylation is 1. The predicted molar refractivity (Wildman–Crippen MR) is 110 cm³/mol. The topological polar surface area (TPSA) is 62.3 Å². The number of rotatable bonds is 7. The minimum atomic E-state index is -3.77. The zero-order chi connectivity index (χ0) is 20.1. The minimum absolute atomic E-state index is 0.0324. The number of hydrogen-bond donors (Lipinski definition) is 1. The van der Waals surface area contributed by atoms with E-state index in [0.717, 1.165) is 24.7 Å². The molecular weight excluding hydrogens is 377 g/mol. The van der Waals surface area contributed by atoms with Crippen molar-refractivity contribution < 1.29 is 12.8 Å². The molecule has 7 heteroatoms. The standard InChI is InChI=1S/C21H22FN3O2S/c1-16-15-20(7-8-21(16)22)28(26,27)24-18-3-5-19(6-4-18)25(2)14-11-17-9-12-23-13-10-17/h3-10,12-13,15,24H,11,14H2,1-2H3. The molecule has 0 radical (unpaired) electrons. The number of hydrogen-bond acceptors (Lipinski definition) is 4. The smallest absolute Gasteiger partial charge is 0.261 e. The maximum Gasteiger partial charge on any atom is 0.261 e. The number of aromatic nitrogens is 1. The summed E-state index contributed by atoms with van der Waals surface area (Å²) in [6, 6.07) is 14.9. The van der Waals surface area contributed by atoms with Gasteiger partial charge in [-0.2, -0.15) is 0 Å². The summed E-state index contributed by atoms with van der Waals surface area (Å²) in [7, 11) is -1.78. The van der Waals surface area contributed by atoms with E-state index in [1.54, 1.807) is 24.5 Å². The van der Waals surface area contributed by atoms with Crippen molar-refractivity contribution in [3.8, 4) is 0 Å². The molecule has 0 unspecified atom stereocenters. The Labute approximate surface area is 164 Å². The van der Waals surface area contributed by atoms with Gasteiger partial charge in [-0.05, 0) is 79.1 Å². The molecule has 0 atom stereocenters. The Kier molecular flexibility index (Phi) is 5.94. The summed E-state index contributed by atoms with van der Waals surface area (Å²) in [4.78, 5) is 6.14. The highest BCUT2D eigenvalue weighted by Gasteiger charge is 2.15. The molecule has 1 heterocycles. The minimum Gasteiger partial charge on any atom is -0.374 e. The lowest BCUT2D eigenvalue weighted by Crippen LogP contribution is -2.20. The lowest BCUT2D eigenvalue weighted by Gasteiger charge is -2.20. The number of sulfonamides is 1. The van der Waals surface area contributed by atoms with Gasteiger partial charge in [0, 0.05) is 37.4 Å². The van der Waals surface area contributed by atoms with Gasteiger partial charge in [0.2, 0.25) is 0 Å². The summed E-state index contributed by atoms with van der Waals surface area (Å²) >= 11 is 0. The van der Waals surface area contributed by atoms with Gasteiger partial charge in [-0.1, -0.05) is 0 Å². The highest BCUT2D eigenvalue weighted by Crippen LogP contribution is 2.21. The SMILES string of the molecule is Cc1cc(S(=O)(=O)Nc2ccc(N(C)CCc3ccncc3)cc2)ccc1F. The van der Waals surface area contributed by atoms with Gasteiger partial charge in [0.1, 0.15) is 5.82 Å². The van der Waals surface area contributed by atoms with Crippen LogP contribution in [0.25, 0.3) is 0 Å². The van der Waals surface area contributed by atoms with Gasteiger partial charge in [0.25, 0.3) is 10.0 Å².